The number of aromatic nitrogens is 6. The third kappa shape index (κ3) is 20.9. The molecule has 13 rings (SSSR count). The lowest BCUT2D eigenvalue weighted by atomic mass is 9.84. The summed E-state index contributed by atoms with van der Waals surface area (Å²) >= 11 is 36.1. The molecule has 7 aromatic rings. The Labute approximate surface area is 690 Å². The van der Waals surface area contributed by atoms with Crippen molar-refractivity contribution in [1.82, 2.24) is 29.9 Å². The normalized spacial score (nSPS) is 17.6. The highest BCUT2D eigenvalue weighted by atomic mass is 35.5. The van der Waals surface area contributed by atoms with Crippen LogP contribution in [-0.4, -0.2) is 156 Å². The maximum Gasteiger partial charge on any atom is 0.354 e. The number of methoxy groups -OCH3 is 1. The van der Waals surface area contributed by atoms with E-state index < -0.39 is 51.5 Å². The van der Waals surface area contributed by atoms with E-state index in [1.54, 1.807) is 45.2 Å². The number of carbonyl (C=O) groups is 3. The zero-order valence-electron chi connectivity index (χ0n) is 66.4. The molecule has 29 nitrogen and oxygen atoms in total. The number of carboxylic acid groups (broad SMARTS) is 1. The minimum absolute atomic E-state index is 0.00836. The quantitative estimate of drug-likeness (QED) is 0.0189. The lowest BCUT2D eigenvalue weighted by molar-refractivity contribution is -0.501. The van der Waals surface area contributed by atoms with Gasteiger partial charge in [-0.15, -0.1) is 0 Å². The Hall–Kier alpha value is -8.33. The van der Waals surface area contributed by atoms with E-state index in [1.807, 2.05) is 66.7 Å². The first-order valence-electron chi connectivity index (χ1n) is 36.1. The molecular formula is C79H95Cl6N9O20. The second kappa shape index (κ2) is 35.2. The fraction of sp³-hybridized carbons (Fsp3) is 0.506. The maximum absolute atomic E-state index is 12.8. The predicted molar refractivity (Wildman–Crippen MR) is 428 cm³/mol. The van der Waals surface area contributed by atoms with Gasteiger partial charge in [-0.1, -0.05) is 160 Å². The number of hydrogen-bond acceptors (Lipinski definition) is 26. The number of nitrogens with zero attached hydrogens (tertiary/aromatic N) is 8. The second-order valence-corrected chi connectivity index (χ2v) is 34.9. The van der Waals surface area contributed by atoms with Gasteiger partial charge in [0.15, 0.2) is 94.0 Å². The number of ether oxygens (including phenoxy) is 8. The van der Waals surface area contributed by atoms with Gasteiger partial charge < -0.3 is 69.2 Å². The summed E-state index contributed by atoms with van der Waals surface area (Å²) in [7, 11) is 1.54. The fourth-order valence-electron chi connectivity index (χ4n) is 12.5. The van der Waals surface area contributed by atoms with Crippen LogP contribution in [0.15, 0.2) is 54.6 Å². The summed E-state index contributed by atoms with van der Waals surface area (Å²) in [6.07, 6.45) is 1.22. The monoisotopic (exact) mass is 1700 g/mol. The molecular weight excluding hydrogens is 1610 g/mol. The van der Waals surface area contributed by atoms with E-state index in [1.165, 1.54) is 19.1 Å². The molecule has 114 heavy (non-hydrogen) atoms. The molecule has 618 valence electrons. The number of nitro groups is 2. The zero-order valence-corrected chi connectivity index (χ0v) is 70.9. The molecule has 0 saturated heterocycles. The van der Waals surface area contributed by atoms with Crippen molar-refractivity contribution in [2.45, 2.75) is 186 Å². The number of fused-ring (bicyclic) bond motifs is 6. The Balaban J connectivity index is 0.000000175. The minimum atomic E-state index is -1.67. The van der Waals surface area contributed by atoms with E-state index >= 15 is 0 Å². The molecule has 0 radical (unpaired) electrons. The molecule has 0 bridgehead atoms. The first-order valence-corrected chi connectivity index (χ1v) is 38.4. The number of rotatable bonds is 19. The molecule has 6 aromatic heterocycles. The van der Waals surface area contributed by atoms with Crippen LogP contribution in [0.5, 0.6) is 46.0 Å². The number of benzene rings is 1. The first-order chi connectivity index (χ1) is 52.8. The van der Waals surface area contributed by atoms with Crippen molar-refractivity contribution >= 4 is 87.1 Å². The summed E-state index contributed by atoms with van der Waals surface area (Å²) < 4.78 is 44.0. The summed E-state index contributed by atoms with van der Waals surface area (Å²) in [6, 6.07) is 15.3. The van der Waals surface area contributed by atoms with E-state index in [2.05, 4.69) is 71.4 Å². The standard InChI is InChI=1S/C24H30ClNO5.C12H15ClN2O4.C12H17ClN2O2.C11H11ClN2O4.C10H10ClNO3.C10H12ClNO2/c1-6-11-30-18-8-7-15(12-19(18)29-5)17(27)9-10-24(4,28)20-13-16-21(22(25)26-20)31-14-23(16,2)3;1-11(2)6-19-9-7(11)4-8(14-10(9)13)12(3,16)5-15(17)18;1-11(2)6-17-9-7(11)4-8(15-10(9)13)12(3,16)5-14;1-11(2)5-18-9-6(11)3-7(13-10(9)12)8(15)4-14(16)17;1-10(2)4-15-7-5(10)3-6(9(13)14)12-8(7)11;1-10(2)5-14-8-7(10)3-6(4-13)12-9(8)11/h7-8,12-13,28H,6,9-11,14H2,1-5H3;4,16H,5-6H2,1-3H3;4,16H,5-6,14H2,1-3H3;3H,4-5H2,1-2H3;3H,4H2,1-2H3,(H,13,14);3,13H,4-5H2,1-2H3. The highest BCUT2D eigenvalue weighted by molar-refractivity contribution is 6.33. The second-order valence-electron chi connectivity index (χ2n) is 32.7. The van der Waals surface area contributed by atoms with E-state index in [0.29, 0.717) is 120 Å². The molecule has 0 amide bonds. The van der Waals surface area contributed by atoms with Crippen LogP contribution in [0.4, 0.5) is 0 Å². The van der Waals surface area contributed by atoms with Gasteiger partial charge in [-0.3, -0.25) is 29.8 Å². The number of hydrogen-bond donors (Lipinski definition) is 6. The zero-order chi connectivity index (χ0) is 85.1. The Morgan fingerprint density at radius 3 is 1.21 bits per heavy atom. The predicted octanol–water partition coefficient (Wildman–Crippen LogP) is 14.4. The third-order valence-electron chi connectivity index (χ3n) is 19.7. The van der Waals surface area contributed by atoms with E-state index in [4.69, 9.17) is 123 Å². The number of pyridine rings is 6. The summed E-state index contributed by atoms with van der Waals surface area (Å²) in [6.45, 7) is 33.1. The van der Waals surface area contributed by atoms with Gasteiger partial charge >= 0.3 is 5.97 Å². The number of Topliss-reactive ketones (excluding diaryl/α,β-unsaturated/α-hetero) is 2. The highest BCUT2D eigenvalue weighted by Gasteiger charge is 2.43. The van der Waals surface area contributed by atoms with Crippen LogP contribution in [0.3, 0.4) is 0 Å². The average Bonchev–Trinajstić information content (AvgIpc) is 1.58. The van der Waals surface area contributed by atoms with Gasteiger partial charge in [-0.25, -0.2) is 34.7 Å². The SMILES string of the molecule is CC1(C)COc2c1cc(C(=O)C[N+](=O)[O-])nc2Cl.CC1(C)COc2c1cc(C(=O)O)nc2Cl.CC1(C)COc2c1cc(C(C)(O)CN)nc2Cl.CC1(C)COc2c1cc(C(C)(O)C[N+](=O)[O-])nc2Cl.CC1(C)COc2c1cc(CO)nc2Cl.CCCOc1ccc(C(=O)CCC(C)(O)c2cc3c(c(Cl)n2)OCC3(C)C)cc1OC. The Morgan fingerprint density at radius 1 is 0.500 bits per heavy atom. The van der Waals surface area contributed by atoms with Crippen LogP contribution >= 0.6 is 69.6 Å². The van der Waals surface area contributed by atoms with Gasteiger partial charge in [0.05, 0.1) is 82.7 Å². The summed E-state index contributed by atoms with van der Waals surface area (Å²) in [5.41, 5.74) is 7.69. The summed E-state index contributed by atoms with van der Waals surface area (Å²) in [5.74, 6) is 2.58. The average molecular weight is 1700 g/mol. The van der Waals surface area contributed by atoms with Gasteiger partial charge in [-0.05, 0) is 88.2 Å². The van der Waals surface area contributed by atoms with Crippen LogP contribution in [0.2, 0.25) is 30.9 Å². The number of ketones is 2. The van der Waals surface area contributed by atoms with Crippen molar-refractivity contribution in [3.05, 3.63) is 179 Å². The van der Waals surface area contributed by atoms with Gasteiger partial charge in [0.1, 0.15) is 16.9 Å². The van der Waals surface area contributed by atoms with Gasteiger partial charge in [-0.2, -0.15) is 0 Å². The number of halogens is 6. The van der Waals surface area contributed by atoms with Crippen molar-refractivity contribution in [1.29, 1.82) is 0 Å². The van der Waals surface area contributed by atoms with E-state index in [-0.39, 0.29) is 107 Å². The number of aromatic carboxylic acids is 1. The number of carbonyl (C=O) groups excluding carboxylic acids is 2. The van der Waals surface area contributed by atoms with Crippen molar-refractivity contribution < 1.29 is 87.7 Å². The van der Waals surface area contributed by atoms with Crippen molar-refractivity contribution in [2.75, 3.05) is 73.0 Å². The summed E-state index contributed by atoms with van der Waals surface area (Å²) in [5, 5.41) is 71.4. The number of carboxylic acids is 1. The minimum Gasteiger partial charge on any atom is -0.493 e. The van der Waals surface area contributed by atoms with Gasteiger partial charge in [0.2, 0.25) is 6.54 Å². The molecule has 35 heteroatoms. The molecule has 0 aliphatic carbocycles. The van der Waals surface area contributed by atoms with Gasteiger partial charge in [0.25, 0.3) is 12.3 Å². The lowest BCUT2D eigenvalue weighted by Gasteiger charge is -2.24. The molecule has 0 saturated carbocycles. The van der Waals surface area contributed by atoms with Crippen molar-refractivity contribution in [2.24, 2.45) is 5.73 Å². The first kappa shape index (κ1) is 91.2. The molecule has 1 aromatic carbocycles. The van der Waals surface area contributed by atoms with Crippen LogP contribution < -0.4 is 43.6 Å². The topological polar surface area (TPSA) is 416 Å². The smallest absolute Gasteiger partial charge is 0.354 e. The Kier molecular flexibility index (Phi) is 28.2. The molecule has 7 N–H and O–H groups in total. The molecule has 3 unspecified atom stereocenters. The third-order valence-corrected chi connectivity index (χ3v) is 21.2. The molecule has 0 fully saturated rings. The van der Waals surface area contributed by atoms with Crippen molar-refractivity contribution in [3.8, 4) is 46.0 Å². The molecule has 6 aliphatic heterocycles. The van der Waals surface area contributed by atoms with Crippen LogP contribution in [0, 0.1) is 20.2 Å². The van der Waals surface area contributed by atoms with Crippen LogP contribution in [-0.2, 0) is 55.9 Å². The number of aliphatic hydroxyl groups is 4. The van der Waals surface area contributed by atoms with E-state index in [0.717, 1.165) is 39.8 Å². The largest absolute Gasteiger partial charge is 0.493 e. The molecule has 0 spiro atoms. The van der Waals surface area contributed by atoms with Crippen LogP contribution in [0.25, 0.3) is 0 Å². The molecule has 12 heterocycles. The Morgan fingerprint density at radius 2 is 0.851 bits per heavy atom. The van der Waals surface area contributed by atoms with Gasteiger partial charge in [0, 0.05) is 94.2 Å². The molecule has 3 atom stereocenters. The fourth-order valence-corrected chi connectivity index (χ4v) is 14.0. The summed E-state index contributed by atoms with van der Waals surface area (Å²) in [4.78, 5) is 79.0. The number of nitrogens with two attached hydrogens (primary N) is 1. The molecule has 6 aliphatic rings. The number of aliphatic hydroxyl groups excluding tert-OH is 1. The Bertz CT molecular complexity index is 4840. The van der Waals surface area contributed by atoms with Crippen LogP contribution in [0.1, 0.15) is 218 Å². The lowest BCUT2D eigenvalue weighted by Crippen LogP contribution is -2.32. The van der Waals surface area contributed by atoms with E-state index in [9.17, 15) is 49.9 Å². The maximum atomic E-state index is 12.8. The highest BCUT2D eigenvalue weighted by Crippen LogP contribution is 2.49. The van der Waals surface area contributed by atoms with Crippen molar-refractivity contribution in [3.63, 3.8) is 0 Å².